The lowest BCUT2D eigenvalue weighted by atomic mass is 10.1. The van der Waals surface area contributed by atoms with Gasteiger partial charge in [0.15, 0.2) is 0 Å². The lowest BCUT2D eigenvalue weighted by Crippen LogP contribution is -2.37. The van der Waals surface area contributed by atoms with Crippen LogP contribution in [0.4, 0.5) is 4.39 Å². The molecular formula is C19H26FNO4. The van der Waals surface area contributed by atoms with E-state index in [4.69, 9.17) is 9.47 Å². The fraction of sp³-hybridized carbons (Fsp3) is 0.632. The molecule has 25 heavy (non-hydrogen) atoms. The van der Waals surface area contributed by atoms with Crippen LogP contribution in [0.2, 0.25) is 0 Å². The Kier molecular flexibility index (Phi) is 6.26. The zero-order chi connectivity index (χ0) is 17.6. The van der Waals surface area contributed by atoms with E-state index in [-0.39, 0.29) is 29.9 Å². The third kappa shape index (κ3) is 5.16. The highest BCUT2D eigenvalue weighted by Gasteiger charge is 2.36. The zero-order valence-electron chi connectivity index (χ0n) is 14.3. The third-order valence-electron chi connectivity index (χ3n) is 5.07. The highest BCUT2D eigenvalue weighted by Crippen LogP contribution is 2.29. The molecule has 2 N–H and O–H groups in total. The Hall–Kier alpha value is -1.66. The predicted molar refractivity (Wildman–Crippen MR) is 90.8 cm³/mol. The summed E-state index contributed by atoms with van der Waals surface area (Å²) in [7, 11) is 0. The number of amides is 1. The first-order valence-corrected chi connectivity index (χ1v) is 9.10. The number of hydrogen-bond acceptors (Lipinski definition) is 4. The predicted octanol–water partition coefficient (Wildman–Crippen LogP) is 2.42. The van der Waals surface area contributed by atoms with Gasteiger partial charge in [-0.05, 0) is 56.4 Å². The first-order chi connectivity index (χ1) is 12.1. The summed E-state index contributed by atoms with van der Waals surface area (Å²) in [4.78, 5) is 12.0. The van der Waals surface area contributed by atoms with Gasteiger partial charge in [0.2, 0.25) is 5.91 Å². The van der Waals surface area contributed by atoms with Crippen LogP contribution in [0.15, 0.2) is 24.3 Å². The van der Waals surface area contributed by atoms with E-state index in [1.807, 2.05) is 0 Å². The van der Waals surface area contributed by atoms with Crippen molar-refractivity contribution in [2.45, 2.75) is 56.8 Å². The van der Waals surface area contributed by atoms with Crippen LogP contribution in [0.25, 0.3) is 0 Å². The number of halogens is 1. The van der Waals surface area contributed by atoms with Crippen LogP contribution in [0, 0.1) is 11.7 Å². The largest absolute Gasteiger partial charge is 0.488 e. The quantitative estimate of drug-likeness (QED) is 0.792. The monoisotopic (exact) mass is 351 g/mol. The summed E-state index contributed by atoms with van der Waals surface area (Å²) < 4.78 is 24.2. The van der Waals surface area contributed by atoms with Crippen molar-refractivity contribution in [2.75, 3.05) is 13.2 Å². The first-order valence-electron chi connectivity index (χ1n) is 9.10. The Labute approximate surface area is 147 Å². The summed E-state index contributed by atoms with van der Waals surface area (Å²) in [5.41, 5.74) is 0. The van der Waals surface area contributed by atoms with Crippen molar-refractivity contribution in [1.82, 2.24) is 5.32 Å². The molecule has 0 unspecified atom stereocenters. The molecule has 3 rings (SSSR count). The topological polar surface area (TPSA) is 67.8 Å². The number of hydrogen-bond donors (Lipinski definition) is 2. The van der Waals surface area contributed by atoms with Crippen LogP contribution in [0.3, 0.4) is 0 Å². The molecular weight excluding hydrogens is 325 g/mol. The van der Waals surface area contributed by atoms with Crippen molar-refractivity contribution in [2.24, 2.45) is 5.92 Å². The fourth-order valence-corrected chi connectivity index (χ4v) is 3.56. The Balaban J connectivity index is 1.38. The number of aliphatic hydroxyl groups excluding tert-OH is 1. The summed E-state index contributed by atoms with van der Waals surface area (Å²) >= 11 is 0. The number of nitrogens with one attached hydrogen (secondary N) is 1. The minimum atomic E-state index is -0.636. The molecule has 1 saturated carbocycles. The molecule has 5 nitrogen and oxygen atoms in total. The van der Waals surface area contributed by atoms with Crippen molar-refractivity contribution in [3.63, 3.8) is 0 Å². The van der Waals surface area contributed by atoms with E-state index in [1.54, 1.807) is 12.1 Å². The summed E-state index contributed by atoms with van der Waals surface area (Å²) in [6.07, 6.45) is 4.11. The summed E-state index contributed by atoms with van der Waals surface area (Å²) in [6, 6.07) is 5.79. The van der Waals surface area contributed by atoms with Gasteiger partial charge in [-0.1, -0.05) is 0 Å². The van der Waals surface area contributed by atoms with E-state index in [9.17, 15) is 14.3 Å². The Morgan fingerprint density at radius 2 is 2.08 bits per heavy atom. The number of aliphatic hydroxyl groups is 1. The second-order valence-corrected chi connectivity index (χ2v) is 6.92. The SMILES string of the molecule is O=C(CC[C@@H]1CCCO1)NC[C@H]1CC[C@@H](Oc2ccc(F)cc2)[C@@H]1O. The van der Waals surface area contributed by atoms with Crippen molar-refractivity contribution in [3.8, 4) is 5.75 Å². The number of ether oxygens (including phenoxy) is 2. The maximum Gasteiger partial charge on any atom is 0.220 e. The molecule has 1 aromatic carbocycles. The number of carbonyl (C=O) groups excluding carboxylic acids is 1. The van der Waals surface area contributed by atoms with Gasteiger partial charge in [-0.3, -0.25) is 4.79 Å². The third-order valence-corrected chi connectivity index (χ3v) is 5.07. The average Bonchev–Trinajstić information content (AvgIpc) is 3.24. The number of carbonyl (C=O) groups is 1. The van der Waals surface area contributed by atoms with Gasteiger partial charge in [-0.15, -0.1) is 0 Å². The van der Waals surface area contributed by atoms with Crippen LogP contribution in [-0.2, 0) is 9.53 Å². The molecule has 6 heteroatoms. The molecule has 0 aromatic heterocycles. The second-order valence-electron chi connectivity index (χ2n) is 6.92. The van der Waals surface area contributed by atoms with E-state index in [0.717, 1.165) is 38.7 Å². The van der Waals surface area contributed by atoms with Crippen LogP contribution < -0.4 is 10.1 Å². The maximum atomic E-state index is 12.9. The molecule has 1 saturated heterocycles. The molecule has 1 aromatic rings. The second kappa shape index (κ2) is 8.63. The van der Waals surface area contributed by atoms with Gasteiger partial charge in [-0.2, -0.15) is 0 Å². The van der Waals surface area contributed by atoms with E-state index < -0.39 is 6.10 Å². The normalized spacial score (nSPS) is 28.9. The van der Waals surface area contributed by atoms with Gasteiger partial charge in [0.25, 0.3) is 0 Å². The zero-order valence-corrected chi connectivity index (χ0v) is 14.3. The van der Waals surface area contributed by atoms with Gasteiger partial charge < -0.3 is 19.9 Å². The van der Waals surface area contributed by atoms with Crippen LogP contribution in [0.5, 0.6) is 5.75 Å². The van der Waals surface area contributed by atoms with Crippen molar-refractivity contribution in [1.29, 1.82) is 0 Å². The number of benzene rings is 1. The van der Waals surface area contributed by atoms with Crippen LogP contribution >= 0.6 is 0 Å². The highest BCUT2D eigenvalue weighted by molar-refractivity contribution is 5.75. The Morgan fingerprint density at radius 1 is 1.28 bits per heavy atom. The highest BCUT2D eigenvalue weighted by atomic mass is 19.1. The van der Waals surface area contributed by atoms with E-state index in [1.165, 1.54) is 12.1 Å². The molecule has 138 valence electrons. The van der Waals surface area contributed by atoms with Gasteiger partial charge in [0, 0.05) is 25.5 Å². The molecule has 0 bridgehead atoms. The van der Waals surface area contributed by atoms with Gasteiger partial charge >= 0.3 is 0 Å². The Bertz CT molecular complexity index is 559. The summed E-state index contributed by atoms with van der Waals surface area (Å²) in [5, 5.41) is 13.3. The molecule has 0 radical (unpaired) electrons. The van der Waals surface area contributed by atoms with Crippen LogP contribution in [0.1, 0.15) is 38.5 Å². The van der Waals surface area contributed by atoms with E-state index in [0.29, 0.717) is 18.7 Å². The van der Waals surface area contributed by atoms with E-state index >= 15 is 0 Å². The maximum absolute atomic E-state index is 12.9. The smallest absolute Gasteiger partial charge is 0.220 e. The van der Waals surface area contributed by atoms with Gasteiger partial charge in [-0.25, -0.2) is 4.39 Å². The van der Waals surface area contributed by atoms with Crippen molar-refractivity contribution in [3.05, 3.63) is 30.1 Å². The molecule has 1 amide bonds. The standard InChI is InChI=1S/C19H26FNO4/c20-14-4-6-16(7-5-14)25-17-9-3-13(19(17)23)12-21-18(22)10-8-15-2-1-11-24-15/h4-7,13,15,17,19,23H,1-3,8-12H2,(H,21,22)/t13-,15+,17-,19-/m1/s1. The van der Waals surface area contributed by atoms with Gasteiger partial charge in [0.05, 0.1) is 12.2 Å². The molecule has 1 aliphatic carbocycles. The molecule has 2 fully saturated rings. The molecule has 1 aliphatic heterocycles. The lowest BCUT2D eigenvalue weighted by molar-refractivity contribution is -0.122. The van der Waals surface area contributed by atoms with Gasteiger partial charge in [0.1, 0.15) is 17.7 Å². The Morgan fingerprint density at radius 3 is 2.80 bits per heavy atom. The minimum absolute atomic E-state index is 0.00519. The molecule has 2 aliphatic rings. The first kappa shape index (κ1) is 18.1. The summed E-state index contributed by atoms with van der Waals surface area (Å²) in [5.74, 6) is 0.220. The molecule has 1 heterocycles. The van der Waals surface area contributed by atoms with Crippen molar-refractivity contribution < 1.29 is 23.8 Å². The lowest BCUT2D eigenvalue weighted by Gasteiger charge is -2.21. The summed E-state index contributed by atoms with van der Waals surface area (Å²) in [6.45, 7) is 1.25. The molecule has 0 spiro atoms. The molecule has 4 atom stereocenters. The number of rotatable bonds is 7. The van der Waals surface area contributed by atoms with Crippen LogP contribution in [-0.4, -0.2) is 42.5 Å². The fourth-order valence-electron chi connectivity index (χ4n) is 3.56. The minimum Gasteiger partial charge on any atom is -0.488 e. The van der Waals surface area contributed by atoms with Crippen molar-refractivity contribution >= 4 is 5.91 Å². The average molecular weight is 351 g/mol. The van der Waals surface area contributed by atoms with E-state index in [2.05, 4.69) is 5.32 Å².